The molecule has 3 rings (SSSR count). The van der Waals surface area contributed by atoms with Crippen molar-refractivity contribution in [2.24, 2.45) is 0 Å². The number of nitrogens with zero attached hydrogens (tertiary/aromatic N) is 1. The molecule has 136 valence electrons. The van der Waals surface area contributed by atoms with Crippen molar-refractivity contribution < 1.29 is 23.5 Å². The number of halogens is 1. The normalized spacial score (nSPS) is 12.4. The summed E-state index contributed by atoms with van der Waals surface area (Å²) in [4.78, 5) is 26.1. The maximum atomic E-state index is 13.0. The lowest BCUT2D eigenvalue weighted by molar-refractivity contribution is -0.116. The Labute approximate surface area is 150 Å². The lowest BCUT2D eigenvalue weighted by Crippen LogP contribution is -2.37. The molecule has 0 aromatic heterocycles. The first kappa shape index (κ1) is 17.7. The Morgan fingerprint density at radius 1 is 1.08 bits per heavy atom. The van der Waals surface area contributed by atoms with E-state index in [-0.39, 0.29) is 18.4 Å². The second-order valence-electron chi connectivity index (χ2n) is 5.73. The van der Waals surface area contributed by atoms with Gasteiger partial charge < -0.3 is 19.7 Å². The van der Waals surface area contributed by atoms with E-state index in [1.54, 1.807) is 25.1 Å². The summed E-state index contributed by atoms with van der Waals surface area (Å²) in [5.74, 6) is 0.129. The highest BCUT2D eigenvalue weighted by Gasteiger charge is 2.18. The van der Waals surface area contributed by atoms with E-state index >= 15 is 0 Å². The van der Waals surface area contributed by atoms with E-state index in [2.05, 4.69) is 5.32 Å². The summed E-state index contributed by atoms with van der Waals surface area (Å²) in [6.45, 7) is 2.97. The molecule has 2 amide bonds. The Balaban J connectivity index is 1.64. The first-order chi connectivity index (χ1) is 12.6. The minimum atomic E-state index is -0.416. The van der Waals surface area contributed by atoms with Crippen molar-refractivity contribution >= 4 is 17.5 Å². The Hall–Kier alpha value is -3.09. The molecule has 0 spiro atoms. The number of ether oxygens (including phenoxy) is 2. The molecule has 26 heavy (non-hydrogen) atoms. The number of amides is 2. The summed E-state index contributed by atoms with van der Waals surface area (Å²) in [5.41, 5.74) is 0.893. The molecule has 6 nitrogen and oxygen atoms in total. The number of carbonyl (C=O) groups excluding carboxylic acids is 2. The van der Waals surface area contributed by atoms with Crippen LogP contribution in [0.5, 0.6) is 11.5 Å². The number of likely N-dealkylation sites (N-methyl/N-ethyl adjacent to an activating group) is 1. The number of carbonyl (C=O) groups is 2. The van der Waals surface area contributed by atoms with E-state index in [9.17, 15) is 14.0 Å². The van der Waals surface area contributed by atoms with Crippen LogP contribution in [0.4, 0.5) is 10.1 Å². The summed E-state index contributed by atoms with van der Waals surface area (Å²) in [6, 6.07) is 10.4. The van der Waals surface area contributed by atoms with E-state index in [0.29, 0.717) is 42.5 Å². The van der Waals surface area contributed by atoms with E-state index in [4.69, 9.17) is 9.47 Å². The molecule has 1 aliphatic heterocycles. The molecule has 0 bridgehead atoms. The zero-order valence-electron chi connectivity index (χ0n) is 14.3. The van der Waals surface area contributed by atoms with Crippen LogP contribution >= 0.6 is 0 Å². The summed E-state index contributed by atoms with van der Waals surface area (Å²) in [7, 11) is 0. The Morgan fingerprint density at radius 2 is 1.77 bits per heavy atom. The molecule has 0 aliphatic carbocycles. The van der Waals surface area contributed by atoms with Gasteiger partial charge in [-0.2, -0.15) is 0 Å². The van der Waals surface area contributed by atoms with E-state index in [1.165, 1.54) is 29.2 Å². The van der Waals surface area contributed by atoms with Gasteiger partial charge in [0.1, 0.15) is 25.6 Å². The van der Waals surface area contributed by atoms with Crippen molar-refractivity contribution in [3.8, 4) is 11.5 Å². The van der Waals surface area contributed by atoms with Crippen molar-refractivity contribution in [1.82, 2.24) is 4.90 Å². The van der Waals surface area contributed by atoms with Gasteiger partial charge in [0.2, 0.25) is 5.91 Å². The van der Waals surface area contributed by atoms with E-state index in [0.717, 1.165) is 0 Å². The maximum Gasteiger partial charge on any atom is 0.254 e. The van der Waals surface area contributed by atoms with Crippen LogP contribution in [0.2, 0.25) is 0 Å². The topological polar surface area (TPSA) is 67.9 Å². The fourth-order valence-corrected chi connectivity index (χ4v) is 2.60. The fourth-order valence-electron chi connectivity index (χ4n) is 2.60. The quantitative estimate of drug-likeness (QED) is 0.892. The molecular formula is C19H19FN2O4. The van der Waals surface area contributed by atoms with Crippen LogP contribution in [0.3, 0.4) is 0 Å². The molecule has 0 saturated carbocycles. The third kappa shape index (κ3) is 4.11. The smallest absolute Gasteiger partial charge is 0.254 e. The van der Waals surface area contributed by atoms with E-state index in [1.807, 2.05) is 0 Å². The minimum absolute atomic E-state index is 0.110. The summed E-state index contributed by atoms with van der Waals surface area (Å²) in [6.07, 6.45) is 0. The second-order valence-corrected chi connectivity index (χ2v) is 5.73. The number of rotatable bonds is 5. The number of hydrogen-bond donors (Lipinski definition) is 1. The minimum Gasteiger partial charge on any atom is -0.486 e. The Kier molecular flexibility index (Phi) is 5.36. The molecule has 0 saturated heterocycles. The highest BCUT2D eigenvalue weighted by molar-refractivity contribution is 5.99. The summed E-state index contributed by atoms with van der Waals surface area (Å²) in [5, 5.41) is 2.74. The van der Waals surface area contributed by atoms with Crippen LogP contribution in [0, 0.1) is 5.82 Å². The SMILES string of the molecule is CCN(CC(=O)Nc1ccc2c(c1)OCCO2)C(=O)c1ccc(F)cc1. The second kappa shape index (κ2) is 7.86. The van der Waals surface area contributed by atoms with Crippen molar-refractivity contribution in [3.63, 3.8) is 0 Å². The number of nitrogens with one attached hydrogen (secondary N) is 1. The highest BCUT2D eigenvalue weighted by atomic mass is 19.1. The van der Waals surface area contributed by atoms with Gasteiger partial charge in [-0.25, -0.2) is 4.39 Å². The zero-order valence-corrected chi connectivity index (χ0v) is 14.3. The van der Waals surface area contributed by atoms with Gasteiger partial charge >= 0.3 is 0 Å². The molecule has 2 aromatic carbocycles. The van der Waals surface area contributed by atoms with Crippen LogP contribution in [-0.2, 0) is 4.79 Å². The van der Waals surface area contributed by atoms with Gasteiger partial charge in [-0.05, 0) is 43.3 Å². The van der Waals surface area contributed by atoms with Crippen molar-refractivity contribution in [2.75, 3.05) is 31.6 Å². The van der Waals surface area contributed by atoms with Gasteiger partial charge in [0.15, 0.2) is 11.5 Å². The zero-order chi connectivity index (χ0) is 18.5. The number of anilines is 1. The molecule has 0 atom stereocenters. The predicted octanol–water partition coefficient (Wildman–Crippen LogP) is 2.70. The Morgan fingerprint density at radius 3 is 2.46 bits per heavy atom. The van der Waals surface area contributed by atoms with Gasteiger partial charge in [0, 0.05) is 23.9 Å². The lowest BCUT2D eigenvalue weighted by atomic mass is 10.2. The molecule has 1 aliphatic rings. The molecule has 7 heteroatoms. The fraction of sp³-hybridized carbons (Fsp3) is 0.263. The van der Waals surface area contributed by atoms with Crippen LogP contribution in [0.25, 0.3) is 0 Å². The predicted molar refractivity (Wildman–Crippen MR) is 94.0 cm³/mol. The van der Waals surface area contributed by atoms with Crippen LogP contribution in [0.1, 0.15) is 17.3 Å². The van der Waals surface area contributed by atoms with Gasteiger partial charge in [-0.1, -0.05) is 0 Å². The van der Waals surface area contributed by atoms with Crippen molar-refractivity contribution in [3.05, 3.63) is 53.8 Å². The molecule has 2 aromatic rings. The van der Waals surface area contributed by atoms with Gasteiger partial charge in [0.05, 0.1) is 0 Å². The number of hydrogen-bond acceptors (Lipinski definition) is 4. The first-order valence-electron chi connectivity index (χ1n) is 8.31. The summed E-state index contributed by atoms with van der Waals surface area (Å²) >= 11 is 0. The summed E-state index contributed by atoms with van der Waals surface area (Å²) < 4.78 is 23.9. The van der Waals surface area contributed by atoms with Crippen molar-refractivity contribution in [1.29, 1.82) is 0 Å². The van der Waals surface area contributed by atoms with Gasteiger partial charge in [-0.15, -0.1) is 0 Å². The van der Waals surface area contributed by atoms with Crippen LogP contribution < -0.4 is 14.8 Å². The Bertz CT molecular complexity index is 808. The van der Waals surface area contributed by atoms with Gasteiger partial charge in [-0.3, -0.25) is 9.59 Å². The number of fused-ring (bicyclic) bond motifs is 1. The van der Waals surface area contributed by atoms with Crippen LogP contribution in [0.15, 0.2) is 42.5 Å². The van der Waals surface area contributed by atoms with Crippen molar-refractivity contribution in [2.45, 2.75) is 6.92 Å². The molecular weight excluding hydrogens is 339 g/mol. The monoisotopic (exact) mass is 358 g/mol. The van der Waals surface area contributed by atoms with Gasteiger partial charge in [0.25, 0.3) is 5.91 Å². The maximum absolute atomic E-state index is 13.0. The molecule has 0 unspecified atom stereocenters. The largest absolute Gasteiger partial charge is 0.486 e. The third-order valence-corrected chi connectivity index (χ3v) is 3.92. The third-order valence-electron chi connectivity index (χ3n) is 3.92. The standard InChI is InChI=1S/C19H19FN2O4/c1-2-22(19(24)13-3-5-14(20)6-4-13)12-18(23)21-15-7-8-16-17(11-15)26-10-9-25-16/h3-8,11H,2,9-10,12H2,1H3,(H,21,23). The molecule has 1 heterocycles. The first-order valence-corrected chi connectivity index (χ1v) is 8.31. The molecule has 0 radical (unpaired) electrons. The highest BCUT2D eigenvalue weighted by Crippen LogP contribution is 2.32. The average Bonchev–Trinajstić information content (AvgIpc) is 2.66. The molecule has 1 N–H and O–H groups in total. The average molecular weight is 358 g/mol. The number of benzene rings is 2. The van der Waals surface area contributed by atoms with Crippen LogP contribution in [-0.4, -0.2) is 43.0 Å². The lowest BCUT2D eigenvalue weighted by Gasteiger charge is -2.21. The molecule has 0 fully saturated rings. The van der Waals surface area contributed by atoms with E-state index < -0.39 is 5.82 Å².